The van der Waals surface area contributed by atoms with E-state index in [1.165, 1.54) is 4.90 Å². The SMILES string of the molecule is CCCOc1ccc(/C(O)=C2/C(=O)C(=O)N(Cc3ccncc3)C2c2cccc(Oc3ccccc3)c2)cc1. The Hall–Kier alpha value is -4.91. The average Bonchev–Trinajstić information content (AvgIpc) is 3.22. The van der Waals surface area contributed by atoms with E-state index in [4.69, 9.17) is 9.47 Å². The fourth-order valence-electron chi connectivity index (χ4n) is 4.53. The van der Waals surface area contributed by atoms with E-state index in [9.17, 15) is 14.7 Å². The third kappa shape index (κ3) is 5.67. The lowest BCUT2D eigenvalue weighted by molar-refractivity contribution is -0.140. The summed E-state index contributed by atoms with van der Waals surface area (Å²) < 4.78 is 11.7. The maximum Gasteiger partial charge on any atom is 0.295 e. The molecule has 196 valence electrons. The van der Waals surface area contributed by atoms with E-state index in [-0.39, 0.29) is 17.9 Å². The Labute approximate surface area is 227 Å². The number of rotatable bonds is 9. The zero-order chi connectivity index (χ0) is 27.2. The molecule has 39 heavy (non-hydrogen) atoms. The van der Waals surface area contributed by atoms with Crippen molar-refractivity contribution in [2.24, 2.45) is 0 Å². The number of pyridine rings is 1. The number of para-hydroxylation sites is 1. The second kappa shape index (κ2) is 11.6. The minimum atomic E-state index is -0.825. The molecule has 3 aromatic carbocycles. The van der Waals surface area contributed by atoms with Gasteiger partial charge in [0, 0.05) is 24.5 Å². The van der Waals surface area contributed by atoms with Crippen LogP contribution in [0.4, 0.5) is 0 Å². The lowest BCUT2D eigenvalue weighted by Gasteiger charge is -2.25. The second-order valence-corrected chi connectivity index (χ2v) is 9.14. The molecule has 7 heteroatoms. The highest BCUT2D eigenvalue weighted by molar-refractivity contribution is 6.46. The van der Waals surface area contributed by atoms with Crippen LogP contribution in [-0.2, 0) is 16.1 Å². The number of amides is 1. The summed E-state index contributed by atoms with van der Waals surface area (Å²) in [5.74, 6) is 0.195. The Bertz CT molecular complexity index is 1480. The highest BCUT2D eigenvalue weighted by Crippen LogP contribution is 2.41. The van der Waals surface area contributed by atoms with Crippen LogP contribution < -0.4 is 9.47 Å². The first-order valence-corrected chi connectivity index (χ1v) is 12.8. The molecular formula is C32H28N2O5. The molecule has 0 bridgehead atoms. The number of aromatic nitrogens is 1. The van der Waals surface area contributed by atoms with Crippen LogP contribution in [0.25, 0.3) is 5.76 Å². The first-order valence-electron chi connectivity index (χ1n) is 12.8. The van der Waals surface area contributed by atoms with Gasteiger partial charge >= 0.3 is 0 Å². The smallest absolute Gasteiger partial charge is 0.295 e. The highest BCUT2D eigenvalue weighted by Gasteiger charge is 2.46. The molecule has 1 atom stereocenters. The van der Waals surface area contributed by atoms with Gasteiger partial charge in [-0.25, -0.2) is 0 Å². The number of carbonyl (C=O) groups is 2. The highest BCUT2D eigenvalue weighted by atomic mass is 16.5. The molecule has 7 nitrogen and oxygen atoms in total. The number of ketones is 1. The summed E-state index contributed by atoms with van der Waals surface area (Å²) >= 11 is 0. The minimum absolute atomic E-state index is 0.0214. The summed E-state index contributed by atoms with van der Waals surface area (Å²) in [5, 5.41) is 11.4. The summed E-state index contributed by atoms with van der Waals surface area (Å²) in [7, 11) is 0. The van der Waals surface area contributed by atoms with Crippen LogP contribution in [0.2, 0.25) is 0 Å². The van der Waals surface area contributed by atoms with E-state index in [1.807, 2.05) is 43.3 Å². The first-order chi connectivity index (χ1) is 19.0. The van der Waals surface area contributed by atoms with Gasteiger partial charge in [0.25, 0.3) is 11.7 Å². The molecule has 1 amide bonds. The number of aliphatic hydroxyl groups is 1. The van der Waals surface area contributed by atoms with E-state index in [2.05, 4.69) is 4.98 Å². The van der Waals surface area contributed by atoms with Crippen molar-refractivity contribution < 1.29 is 24.2 Å². The third-order valence-corrected chi connectivity index (χ3v) is 6.40. The minimum Gasteiger partial charge on any atom is -0.507 e. The predicted molar refractivity (Wildman–Crippen MR) is 147 cm³/mol. The molecular weight excluding hydrogens is 492 g/mol. The number of carbonyl (C=O) groups excluding carboxylic acids is 2. The molecule has 1 aliphatic heterocycles. The first kappa shape index (κ1) is 25.7. The number of benzene rings is 3. The van der Waals surface area contributed by atoms with Crippen LogP contribution in [0.5, 0.6) is 17.2 Å². The molecule has 1 fully saturated rings. The molecule has 5 rings (SSSR count). The van der Waals surface area contributed by atoms with Gasteiger partial charge in [-0.15, -0.1) is 0 Å². The normalized spacial score (nSPS) is 16.3. The van der Waals surface area contributed by atoms with Crippen molar-refractivity contribution in [3.8, 4) is 17.2 Å². The van der Waals surface area contributed by atoms with Crippen molar-refractivity contribution in [1.29, 1.82) is 0 Å². The maximum atomic E-state index is 13.4. The van der Waals surface area contributed by atoms with E-state index < -0.39 is 17.7 Å². The van der Waals surface area contributed by atoms with Gasteiger partial charge in [-0.2, -0.15) is 0 Å². The van der Waals surface area contributed by atoms with Crippen LogP contribution >= 0.6 is 0 Å². The topological polar surface area (TPSA) is 89.0 Å². The van der Waals surface area contributed by atoms with Gasteiger partial charge < -0.3 is 19.5 Å². The van der Waals surface area contributed by atoms with E-state index in [1.54, 1.807) is 67.0 Å². The van der Waals surface area contributed by atoms with Crippen molar-refractivity contribution in [3.63, 3.8) is 0 Å². The zero-order valence-electron chi connectivity index (χ0n) is 21.5. The Balaban J connectivity index is 1.57. The van der Waals surface area contributed by atoms with Crippen LogP contribution in [0.15, 0.2) is 109 Å². The number of Topliss-reactive ketones (excluding diaryl/α,β-unsaturated/α-hetero) is 1. The number of likely N-dealkylation sites (tertiary alicyclic amines) is 1. The van der Waals surface area contributed by atoms with Crippen LogP contribution in [0.1, 0.15) is 36.1 Å². The number of hydrogen-bond acceptors (Lipinski definition) is 6. The van der Waals surface area contributed by atoms with Crippen molar-refractivity contribution >= 4 is 17.4 Å². The molecule has 0 saturated carbocycles. The molecule has 1 aromatic heterocycles. The number of nitrogens with zero attached hydrogens (tertiary/aromatic N) is 2. The monoisotopic (exact) mass is 520 g/mol. The standard InChI is InChI=1S/C32H28N2O5/c1-2-19-38-25-13-11-23(12-14-25)30(35)28-29(34(32(37)31(28)36)21-22-15-17-33-18-16-22)24-7-6-10-27(20-24)39-26-8-4-3-5-9-26/h3-18,20,29,35H,2,19,21H2,1H3/b30-28-. The largest absolute Gasteiger partial charge is 0.507 e. The van der Waals surface area contributed by atoms with E-state index in [0.29, 0.717) is 35.0 Å². The quantitative estimate of drug-likeness (QED) is 0.159. The lowest BCUT2D eigenvalue weighted by atomic mass is 9.95. The van der Waals surface area contributed by atoms with Crippen LogP contribution in [0.3, 0.4) is 0 Å². The fraction of sp³-hybridized carbons (Fsp3) is 0.156. The zero-order valence-corrected chi connectivity index (χ0v) is 21.5. The van der Waals surface area contributed by atoms with Gasteiger partial charge in [0.2, 0.25) is 0 Å². The van der Waals surface area contributed by atoms with Crippen LogP contribution in [0, 0.1) is 0 Å². The second-order valence-electron chi connectivity index (χ2n) is 9.14. The molecule has 1 aliphatic rings. The number of aliphatic hydroxyl groups excluding tert-OH is 1. The van der Waals surface area contributed by atoms with Crippen molar-refractivity contribution in [2.45, 2.75) is 25.9 Å². The molecule has 4 aromatic rings. The summed E-state index contributed by atoms with van der Waals surface area (Å²) in [5.41, 5.74) is 1.89. The van der Waals surface area contributed by atoms with Gasteiger partial charge in [0.05, 0.1) is 18.2 Å². The number of ether oxygens (including phenoxy) is 2. The fourth-order valence-corrected chi connectivity index (χ4v) is 4.53. The molecule has 2 heterocycles. The maximum absolute atomic E-state index is 13.4. The Morgan fingerprint density at radius 1 is 0.872 bits per heavy atom. The molecule has 1 N–H and O–H groups in total. The van der Waals surface area contributed by atoms with Gasteiger partial charge in [-0.05, 0) is 78.2 Å². The van der Waals surface area contributed by atoms with Crippen LogP contribution in [-0.4, -0.2) is 33.3 Å². The summed E-state index contributed by atoms with van der Waals surface area (Å²) in [6.07, 6.45) is 4.14. The third-order valence-electron chi connectivity index (χ3n) is 6.40. The molecule has 1 saturated heterocycles. The molecule has 0 aliphatic carbocycles. The van der Waals surface area contributed by atoms with E-state index in [0.717, 1.165) is 12.0 Å². The van der Waals surface area contributed by atoms with Crippen molar-refractivity contribution in [2.75, 3.05) is 6.61 Å². The van der Waals surface area contributed by atoms with Gasteiger partial charge in [0.15, 0.2) is 0 Å². The molecule has 0 spiro atoms. The van der Waals surface area contributed by atoms with Crippen molar-refractivity contribution in [3.05, 3.63) is 126 Å². The van der Waals surface area contributed by atoms with Crippen molar-refractivity contribution in [1.82, 2.24) is 9.88 Å². The Morgan fingerprint density at radius 2 is 1.59 bits per heavy atom. The van der Waals surface area contributed by atoms with Gasteiger partial charge in [-0.1, -0.05) is 37.3 Å². The summed E-state index contributed by atoms with van der Waals surface area (Å²) in [4.78, 5) is 32.3. The summed E-state index contributed by atoms with van der Waals surface area (Å²) in [6, 6.07) is 26.2. The molecule has 0 radical (unpaired) electrons. The van der Waals surface area contributed by atoms with E-state index >= 15 is 0 Å². The molecule has 1 unspecified atom stereocenters. The lowest BCUT2D eigenvalue weighted by Crippen LogP contribution is -2.29. The van der Waals surface area contributed by atoms with Gasteiger partial charge in [0.1, 0.15) is 23.0 Å². The summed E-state index contributed by atoms with van der Waals surface area (Å²) in [6.45, 7) is 2.76. The average molecular weight is 521 g/mol. The Morgan fingerprint density at radius 3 is 2.31 bits per heavy atom. The number of hydrogen-bond donors (Lipinski definition) is 1. The predicted octanol–water partition coefficient (Wildman–Crippen LogP) is 6.28. The van der Waals surface area contributed by atoms with Gasteiger partial charge in [-0.3, -0.25) is 14.6 Å². The Kier molecular flexibility index (Phi) is 7.68.